The maximum Gasteiger partial charge on any atom is 0.247 e. The molecule has 0 aliphatic carbocycles. The van der Waals surface area contributed by atoms with Crippen LogP contribution >= 0.6 is 0 Å². The molecule has 0 bridgehead atoms. The minimum atomic E-state index is -0.280. The third kappa shape index (κ3) is 5.28. The molecule has 2 aromatic carbocycles. The average Bonchev–Trinajstić information content (AvgIpc) is 3.31. The number of rotatable bonds is 7. The fourth-order valence-corrected chi connectivity index (χ4v) is 5.01. The lowest BCUT2D eigenvalue weighted by atomic mass is 10.1. The van der Waals surface area contributed by atoms with Crippen molar-refractivity contribution in [2.24, 2.45) is 7.05 Å². The molecule has 2 N–H and O–H groups in total. The zero-order chi connectivity index (χ0) is 27.7. The fraction of sp³-hybridized carbons (Fsp3) is 0.310. The van der Waals surface area contributed by atoms with Crippen LogP contribution in [0.4, 0.5) is 22.9 Å². The largest absolute Gasteiger partial charge is 0.494 e. The monoisotopic (exact) mass is 526 g/mol. The number of hydrogen-bond acceptors (Lipinski definition) is 8. The van der Waals surface area contributed by atoms with Crippen LogP contribution in [-0.4, -0.2) is 69.9 Å². The minimum Gasteiger partial charge on any atom is -0.494 e. The second-order valence-corrected chi connectivity index (χ2v) is 9.99. The Balaban J connectivity index is 1.50. The number of aryl methyl sites for hydroxylation is 1. The van der Waals surface area contributed by atoms with Crippen LogP contribution in [0.25, 0.3) is 22.2 Å². The molecule has 39 heavy (non-hydrogen) atoms. The standard InChI is InChI=1S/C29H34N8O2/c1-7-29(38)34-23-11-24(27(39-6)13-26(23)37-15-18(2)35(4)19(3)16-37)33-28-12-22(30-17-31-28)20-8-9-21-14-32-36(5)25(21)10-20/h7-14,17-19H,1,15-16H2,2-6H3,(H,34,38)(H,30,31,33). The van der Waals surface area contributed by atoms with Gasteiger partial charge in [-0.25, -0.2) is 9.97 Å². The van der Waals surface area contributed by atoms with Gasteiger partial charge in [-0.2, -0.15) is 5.10 Å². The van der Waals surface area contributed by atoms with E-state index in [2.05, 4.69) is 69.0 Å². The van der Waals surface area contributed by atoms with E-state index in [0.717, 1.165) is 40.9 Å². The van der Waals surface area contributed by atoms with E-state index < -0.39 is 0 Å². The molecule has 3 heterocycles. The highest BCUT2D eigenvalue weighted by atomic mass is 16.5. The Hall–Kier alpha value is -4.44. The molecule has 0 saturated carbocycles. The molecule has 5 rings (SSSR count). The van der Waals surface area contributed by atoms with Crippen LogP contribution in [0.2, 0.25) is 0 Å². The Morgan fingerprint density at radius 2 is 1.85 bits per heavy atom. The van der Waals surface area contributed by atoms with Gasteiger partial charge in [0.05, 0.1) is 41.6 Å². The van der Waals surface area contributed by atoms with E-state index in [4.69, 9.17) is 4.74 Å². The van der Waals surface area contributed by atoms with Gasteiger partial charge in [-0.3, -0.25) is 14.4 Å². The summed E-state index contributed by atoms with van der Waals surface area (Å²) < 4.78 is 7.63. The van der Waals surface area contributed by atoms with E-state index in [0.29, 0.717) is 35.0 Å². The molecule has 1 aliphatic heterocycles. The Labute approximate surface area is 228 Å². The van der Waals surface area contributed by atoms with Crippen molar-refractivity contribution < 1.29 is 9.53 Å². The van der Waals surface area contributed by atoms with Gasteiger partial charge < -0.3 is 20.3 Å². The predicted molar refractivity (Wildman–Crippen MR) is 156 cm³/mol. The number of ether oxygens (including phenoxy) is 1. The number of anilines is 4. The van der Waals surface area contributed by atoms with Crippen molar-refractivity contribution in [2.45, 2.75) is 25.9 Å². The molecular formula is C29H34N8O2. The number of aromatic nitrogens is 4. The highest BCUT2D eigenvalue weighted by Crippen LogP contribution is 2.39. The van der Waals surface area contributed by atoms with Crippen LogP contribution in [0.1, 0.15) is 13.8 Å². The summed E-state index contributed by atoms with van der Waals surface area (Å²) in [7, 11) is 5.70. The highest BCUT2D eigenvalue weighted by Gasteiger charge is 2.29. The number of carbonyl (C=O) groups excluding carboxylic acids is 1. The topological polar surface area (TPSA) is 100 Å². The van der Waals surface area contributed by atoms with Crippen molar-refractivity contribution in [3.63, 3.8) is 0 Å². The highest BCUT2D eigenvalue weighted by molar-refractivity contribution is 6.02. The van der Waals surface area contributed by atoms with E-state index in [1.807, 2.05) is 48.3 Å². The first-order valence-corrected chi connectivity index (χ1v) is 12.9. The fourth-order valence-electron chi connectivity index (χ4n) is 5.01. The molecule has 202 valence electrons. The van der Waals surface area contributed by atoms with Gasteiger partial charge in [-0.1, -0.05) is 18.7 Å². The lowest BCUT2D eigenvalue weighted by Crippen LogP contribution is -2.55. The average molecular weight is 527 g/mol. The first-order valence-electron chi connectivity index (χ1n) is 12.9. The summed E-state index contributed by atoms with van der Waals surface area (Å²) in [6.45, 7) is 9.68. The van der Waals surface area contributed by atoms with Gasteiger partial charge in [-0.15, -0.1) is 0 Å². The van der Waals surface area contributed by atoms with Crippen LogP contribution < -0.4 is 20.3 Å². The Morgan fingerprint density at radius 1 is 1.08 bits per heavy atom. The molecule has 1 aliphatic rings. The Bertz CT molecular complexity index is 1520. The number of methoxy groups -OCH3 is 1. The smallest absolute Gasteiger partial charge is 0.247 e. The maximum atomic E-state index is 12.4. The van der Waals surface area contributed by atoms with Gasteiger partial charge >= 0.3 is 0 Å². The number of carbonyl (C=O) groups is 1. The summed E-state index contributed by atoms with van der Waals surface area (Å²) in [4.78, 5) is 26.0. The van der Waals surface area contributed by atoms with Gasteiger partial charge in [0.1, 0.15) is 17.9 Å². The third-order valence-corrected chi connectivity index (χ3v) is 7.44. The van der Waals surface area contributed by atoms with Crippen molar-refractivity contribution in [1.82, 2.24) is 24.6 Å². The Morgan fingerprint density at radius 3 is 2.56 bits per heavy atom. The van der Waals surface area contributed by atoms with Gasteiger partial charge in [-0.05, 0) is 39.1 Å². The van der Waals surface area contributed by atoms with Gasteiger partial charge in [0, 0.05) is 55.3 Å². The number of piperazine rings is 1. The molecule has 0 spiro atoms. The van der Waals surface area contributed by atoms with E-state index in [1.54, 1.807) is 7.11 Å². The van der Waals surface area contributed by atoms with Crippen molar-refractivity contribution >= 4 is 39.7 Å². The first-order chi connectivity index (χ1) is 18.8. The van der Waals surface area contributed by atoms with Gasteiger partial charge in [0.2, 0.25) is 5.91 Å². The second-order valence-electron chi connectivity index (χ2n) is 9.99. The molecule has 4 aromatic rings. The van der Waals surface area contributed by atoms with Gasteiger partial charge in [0.25, 0.3) is 0 Å². The van der Waals surface area contributed by atoms with Crippen molar-refractivity contribution in [1.29, 1.82) is 0 Å². The van der Waals surface area contributed by atoms with Gasteiger partial charge in [0.15, 0.2) is 0 Å². The van der Waals surface area contributed by atoms with Crippen LogP contribution in [0, 0.1) is 0 Å². The maximum absolute atomic E-state index is 12.4. The summed E-state index contributed by atoms with van der Waals surface area (Å²) in [5.74, 6) is 0.953. The molecule has 1 amide bonds. The second kappa shape index (κ2) is 10.7. The molecule has 10 nitrogen and oxygen atoms in total. The lowest BCUT2D eigenvalue weighted by molar-refractivity contribution is -0.111. The van der Waals surface area contributed by atoms with E-state index in [1.165, 1.54) is 12.4 Å². The van der Waals surface area contributed by atoms with Crippen LogP contribution in [0.15, 0.2) is 61.6 Å². The summed E-state index contributed by atoms with van der Waals surface area (Å²) >= 11 is 0. The molecule has 1 fully saturated rings. The predicted octanol–water partition coefficient (Wildman–Crippen LogP) is 4.44. The minimum absolute atomic E-state index is 0.280. The van der Waals surface area contributed by atoms with Crippen LogP contribution in [0.5, 0.6) is 5.75 Å². The summed E-state index contributed by atoms with van der Waals surface area (Å²) in [6.07, 6.45) is 4.64. The zero-order valence-electron chi connectivity index (χ0n) is 23.0. The van der Waals surface area contributed by atoms with Crippen LogP contribution in [0.3, 0.4) is 0 Å². The number of hydrogen-bond donors (Lipinski definition) is 2. The third-order valence-electron chi connectivity index (χ3n) is 7.44. The molecule has 1 saturated heterocycles. The van der Waals surface area contributed by atoms with Crippen molar-refractivity contribution in [2.75, 3.05) is 42.8 Å². The Kier molecular flexibility index (Phi) is 7.21. The van der Waals surface area contributed by atoms with Crippen molar-refractivity contribution in [3.8, 4) is 17.0 Å². The van der Waals surface area contributed by atoms with E-state index in [-0.39, 0.29) is 5.91 Å². The number of benzene rings is 2. The number of nitrogens with zero attached hydrogens (tertiary/aromatic N) is 6. The van der Waals surface area contributed by atoms with Crippen molar-refractivity contribution in [3.05, 3.63) is 61.6 Å². The molecule has 2 unspecified atom stereocenters. The number of fused-ring (bicyclic) bond motifs is 1. The summed E-state index contributed by atoms with van der Waals surface area (Å²) in [5.41, 5.74) is 4.98. The summed E-state index contributed by atoms with van der Waals surface area (Å²) in [5, 5.41) is 11.7. The van der Waals surface area contributed by atoms with E-state index in [9.17, 15) is 4.79 Å². The summed E-state index contributed by atoms with van der Waals surface area (Å²) in [6, 6.07) is 12.5. The molecule has 2 aromatic heterocycles. The molecule has 2 atom stereocenters. The first kappa shape index (κ1) is 26.2. The number of nitrogens with one attached hydrogen (secondary N) is 2. The van der Waals surface area contributed by atoms with Crippen LogP contribution in [-0.2, 0) is 11.8 Å². The lowest BCUT2D eigenvalue weighted by Gasteiger charge is -2.44. The SMILES string of the molecule is C=CC(=O)Nc1cc(Nc2cc(-c3ccc4cnn(C)c4c3)ncn2)c(OC)cc1N1CC(C)N(C)C(C)C1. The number of likely N-dealkylation sites (N-methyl/N-ethyl adjacent to an activating group) is 1. The zero-order valence-corrected chi connectivity index (χ0v) is 23.0. The normalized spacial score (nSPS) is 17.7. The quantitative estimate of drug-likeness (QED) is 0.341. The molecule has 10 heteroatoms. The number of amides is 1. The van der Waals surface area contributed by atoms with E-state index >= 15 is 0 Å². The molecular weight excluding hydrogens is 492 g/mol. The molecule has 0 radical (unpaired) electrons.